The van der Waals surface area contributed by atoms with E-state index in [9.17, 15) is 9.59 Å². The van der Waals surface area contributed by atoms with Crippen LogP contribution in [-0.4, -0.2) is 33.1 Å². The van der Waals surface area contributed by atoms with Gasteiger partial charge in [-0.25, -0.2) is 14.5 Å². The van der Waals surface area contributed by atoms with Crippen molar-refractivity contribution in [1.82, 2.24) is 14.8 Å². The molecule has 0 unspecified atom stereocenters. The lowest BCUT2D eigenvalue weighted by Crippen LogP contribution is -2.15. The van der Waals surface area contributed by atoms with Crippen molar-refractivity contribution in [2.75, 3.05) is 6.61 Å². The van der Waals surface area contributed by atoms with Crippen LogP contribution in [0.4, 0.5) is 0 Å². The summed E-state index contributed by atoms with van der Waals surface area (Å²) in [5.41, 5.74) is 6.28. The number of ether oxygens (including phenoxy) is 1. The highest BCUT2D eigenvalue weighted by Gasteiger charge is 2.21. The first-order valence-corrected chi connectivity index (χ1v) is 11.9. The second-order valence-electron chi connectivity index (χ2n) is 8.82. The first-order chi connectivity index (χ1) is 18.0. The normalized spacial score (nSPS) is 10.8. The van der Waals surface area contributed by atoms with Gasteiger partial charge in [0.25, 0.3) is 5.82 Å². The zero-order chi connectivity index (χ0) is 25.8. The van der Waals surface area contributed by atoms with E-state index in [-0.39, 0.29) is 11.6 Å². The molecule has 0 aliphatic carbocycles. The van der Waals surface area contributed by atoms with Gasteiger partial charge in [-0.2, -0.15) is 0 Å². The van der Waals surface area contributed by atoms with Gasteiger partial charge in [0.15, 0.2) is 18.2 Å². The SMILES string of the molecule is Cc1ccc(-n2nc(C(=O)OCC(=O)c3ccc(-c4ccccc4)cc3)nc2-c2cccc(C)c2)cc1. The third-order valence-electron chi connectivity index (χ3n) is 5.99. The highest BCUT2D eigenvalue weighted by Crippen LogP contribution is 2.23. The van der Waals surface area contributed by atoms with Crippen LogP contribution >= 0.6 is 0 Å². The van der Waals surface area contributed by atoms with Crippen LogP contribution in [0, 0.1) is 13.8 Å². The number of ketones is 1. The van der Waals surface area contributed by atoms with Crippen molar-refractivity contribution < 1.29 is 14.3 Å². The van der Waals surface area contributed by atoms with Crippen LogP contribution in [0.3, 0.4) is 0 Å². The summed E-state index contributed by atoms with van der Waals surface area (Å²) in [5, 5.41) is 4.43. The summed E-state index contributed by atoms with van der Waals surface area (Å²) >= 11 is 0. The van der Waals surface area contributed by atoms with Gasteiger partial charge in [0.2, 0.25) is 0 Å². The van der Waals surface area contributed by atoms with E-state index in [4.69, 9.17) is 4.74 Å². The summed E-state index contributed by atoms with van der Waals surface area (Å²) in [6.45, 7) is 3.59. The quantitative estimate of drug-likeness (QED) is 0.200. The summed E-state index contributed by atoms with van der Waals surface area (Å²) < 4.78 is 6.94. The number of benzene rings is 4. The molecule has 5 rings (SSSR count). The molecular weight excluding hydrogens is 462 g/mol. The number of hydrogen-bond donors (Lipinski definition) is 0. The van der Waals surface area contributed by atoms with Crippen molar-refractivity contribution in [2.45, 2.75) is 13.8 Å². The van der Waals surface area contributed by atoms with E-state index in [1.807, 2.05) is 105 Å². The number of rotatable bonds is 7. The predicted octanol–water partition coefficient (Wildman–Crippen LogP) is 6.26. The molecule has 0 radical (unpaired) electrons. The Hall–Kier alpha value is -4.84. The number of carbonyl (C=O) groups excluding carboxylic acids is 2. The van der Waals surface area contributed by atoms with Crippen LogP contribution in [0.25, 0.3) is 28.2 Å². The maximum Gasteiger partial charge on any atom is 0.378 e. The Bertz CT molecular complexity index is 1550. The molecule has 182 valence electrons. The first-order valence-electron chi connectivity index (χ1n) is 11.9. The highest BCUT2D eigenvalue weighted by molar-refractivity contribution is 5.99. The minimum absolute atomic E-state index is 0.107. The minimum Gasteiger partial charge on any atom is -0.451 e. The predicted molar refractivity (Wildman–Crippen MR) is 143 cm³/mol. The van der Waals surface area contributed by atoms with Gasteiger partial charge >= 0.3 is 5.97 Å². The number of Topliss-reactive ketones (excluding diaryl/α,β-unsaturated/α-hetero) is 1. The summed E-state index contributed by atoms with van der Waals surface area (Å²) in [4.78, 5) is 30.0. The Labute approximate surface area is 215 Å². The van der Waals surface area contributed by atoms with Gasteiger partial charge in [-0.3, -0.25) is 4.79 Å². The number of carbonyl (C=O) groups is 2. The van der Waals surface area contributed by atoms with Gasteiger partial charge in [0.05, 0.1) is 5.69 Å². The molecule has 0 atom stereocenters. The molecule has 1 aromatic heterocycles. The third kappa shape index (κ3) is 5.38. The summed E-state index contributed by atoms with van der Waals surface area (Å²) in [6.07, 6.45) is 0. The van der Waals surface area contributed by atoms with Crippen molar-refractivity contribution in [3.05, 3.63) is 126 Å². The van der Waals surface area contributed by atoms with Gasteiger partial charge in [-0.05, 0) is 43.2 Å². The lowest BCUT2D eigenvalue weighted by atomic mass is 10.0. The van der Waals surface area contributed by atoms with Crippen molar-refractivity contribution in [1.29, 1.82) is 0 Å². The maximum absolute atomic E-state index is 12.9. The van der Waals surface area contributed by atoms with Gasteiger partial charge < -0.3 is 4.74 Å². The largest absolute Gasteiger partial charge is 0.451 e. The zero-order valence-electron chi connectivity index (χ0n) is 20.6. The second-order valence-corrected chi connectivity index (χ2v) is 8.82. The average molecular weight is 488 g/mol. The Morgan fingerprint density at radius 3 is 2.11 bits per heavy atom. The second kappa shape index (κ2) is 10.4. The van der Waals surface area contributed by atoms with Crippen molar-refractivity contribution >= 4 is 11.8 Å². The Morgan fingerprint density at radius 2 is 1.41 bits per heavy atom. The summed E-state index contributed by atoms with van der Waals surface area (Å²) in [6, 6.07) is 32.7. The molecule has 0 spiro atoms. The van der Waals surface area contributed by atoms with E-state index in [0.717, 1.165) is 33.5 Å². The molecular formula is C31H25N3O3. The fraction of sp³-hybridized carbons (Fsp3) is 0.0968. The minimum atomic E-state index is -0.756. The monoisotopic (exact) mass is 487 g/mol. The lowest BCUT2D eigenvalue weighted by molar-refractivity contribution is 0.0462. The molecule has 0 fully saturated rings. The fourth-order valence-electron chi connectivity index (χ4n) is 3.99. The molecule has 37 heavy (non-hydrogen) atoms. The standard InChI is InChI=1S/C31H25N3O3/c1-21-11-17-27(18-12-21)34-30(26-10-6-7-22(2)19-26)32-29(33-34)31(36)37-20-28(35)25-15-13-24(14-16-25)23-8-4-3-5-9-23/h3-19H,20H2,1-2H3. The van der Waals surface area contributed by atoms with Crippen molar-refractivity contribution in [2.24, 2.45) is 0 Å². The molecule has 5 aromatic rings. The molecule has 0 amide bonds. The Morgan fingerprint density at radius 1 is 0.730 bits per heavy atom. The lowest BCUT2D eigenvalue weighted by Gasteiger charge is -2.07. The smallest absolute Gasteiger partial charge is 0.378 e. The van der Waals surface area contributed by atoms with Crippen LogP contribution in [-0.2, 0) is 4.74 Å². The van der Waals surface area contributed by atoms with Crippen LogP contribution in [0.15, 0.2) is 103 Å². The van der Waals surface area contributed by atoms with Crippen LogP contribution in [0.1, 0.15) is 32.1 Å². The van der Waals surface area contributed by atoms with Crippen LogP contribution < -0.4 is 0 Å². The van der Waals surface area contributed by atoms with Crippen LogP contribution in [0.2, 0.25) is 0 Å². The summed E-state index contributed by atoms with van der Waals surface area (Å²) in [5.74, 6) is -0.648. The molecule has 0 bridgehead atoms. The zero-order valence-corrected chi connectivity index (χ0v) is 20.6. The molecule has 0 saturated heterocycles. The van der Waals surface area contributed by atoms with E-state index in [2.05, 4.69) is 10.1 Å². The van der Waals surface area contributed by atoms with Crippen molar-refractivity contribution in [3.8, 4) is 28.2 Å². The molecule has 6 heteroatoms. The molecule has 6 nitrogen and oxygen atoms in total. The van der Waals surface area contributed by atoms with Gasteiger partial charge in [0, 0.05) is 11.1 Å². The number of aromatic nitrogens is 3. The molecule has 0 N–H and O–H groups in total. The number of esters is 1. The molecule has 0 saturated carbocycles. The molecule has 1 heterocycles. The van der Waals surface area contributed by atoms with E-state index >= 15 is 0 Å². The third-order valence-corrected chi connectivity index (χ3v) is 5.99. The Kier molecular flexibility index (Phi) is 6.72. The Balaban J connectivity index is 1.34. The molecule has 0 aliphatic heterocycles. The number of nitrogens with zero attached hydrogens (tertiary/aromatic N) is 3. The van der Waals surface area contributed by atoms with Gasteiger partial charge in [-0.15, -0.1) is 5.10 Å². The van der Waals surface area contributed by atoms with Crippen molar-refractivity contribution in [3.63, 3.8) is 0 Å². The van der Waals surface area contributed by atoms with E-state index < -0.39 is 12.6 Å². The fourth-order valence-corrected chi connectivity index (χ4v) is 3.99. The van der Waals surface area contributed by atoms with E-state index in [1.165, 1.54) is 0 Å². The number of aryl methyl sites for hydroxylation is 2. The molecule has 4 aromatic carbocycles. The number of hydrogen-bond acceptors (Lipinski definition) is 5. The topological polar surface area (TPSA) is 74.1 Å². The van der Waals surface area contributed by atoms with Gasteiger partial charge in [0.1, 0.15) is 0 Å². The summed E-state index contributed by atoms with van der Waals surface area (Å²) in [7, 11) is 0. The highest BCUT2D eigenvalue weighted by atomic mass is 16.5. The van der Waals surface area contributed by atoms with E-state index in [0.29, 0.717) is 11.4 Å². The first kappa shape index (κ1) is 23.9. The molecule has 0 aliphatic rings. The average Bonchev–Trinajstić information content (AvgIpc) is 3.38. The van der Waals surface area contributed by atoms with E-state index in [1.54, 1.807) is 16.8 Å². The van der Waals surface area contributed by atoms with Crippen LogP contribution in [0.5, 0.6) is 0 Å². The maximum atomic E-state index is 12.9. The van der Waals surface area contributed by atoms with Gasteiger partial charge in [-0.1, -0.05) is 96.1 Å².